The zero-order valence-electron chi connectivity index (χ0n) is 8.95. The molecule has 1 rings (SSSR count). The standard InChI is InChI=1S/C9H8F4.C2H6/c1-2-6-4-3-5-7(10)8(6)9(11,12)13;1-2/h3-5H,2H2,1H3;1-2H3. The van der Waals surface area contributed by atoms with E-state index < -0.39 is 17.6 Å². The minimum atomic E-state index is -4.60. The lowest BCUT2D eigenvalue weighted by molar-refractivity contribution is -0.140. The van der Waals surface area contributed by atoms with Crippen LogP contribution in [0.4, 0.5) is 17.6 Å². The molecule has 0 fully saturated rings. The monoisotopic (exact) mass is 222 g/mol. The zero-order valence-corrected chi connectivity index (χ0v) is 8.95. The fraction of sp³-hybridized carbons (Fsp3) is 0.455. The van der Waals surface area contributed by atoms with Crippen molar-refractivity contribution in [3.8, 4) is 0 Å². The molecule has 0 aromatic heterocycles. The molecule has 0 amide bonds. The van der Waals surface area contributed by atoms with Gasteiger partial charge in [-0.3, -0.25) is 0 Å². The molecule has 0 atom stereocenters. The first-order valence-electron chi connectivity index (χ1n) is 4.81. The third kappa shape index (κ3) is 3.53. The molecule has 0 saturated heterocycles. The second kappa shape index (κ2) is 5.73. The molecule has 0 bridgehead atoms. The predicted molar refractivity (Wildman–Crippen MR) is 52.1 cm³/mol. The maximum atomic E-state index is 12.8. The summed E-state index contributed by atoms with van der Waals surface area (Å²) >= 11 is 0. The summed E-state index contributed by atoms with van der Waals surface area (Å²) in [5.41, 5.74) is -1.15. The highest BCUT2D eigenvalue weighted by Gasteiger charge is 2.35. The molecule has 1 aromatic rings. The summed E-state index contributed by atoms with van der Waals surface area (Å²) in [6.07, 6.45) is -4.43. The second-order valence-corrected chi connectivity index (χ2v) is 2.63. The maximum absolute atomic E-state index is 12.8. The van der Waals surface area contributed by atoms with Gasteiger partial charge in [-0.25, -0.2) is 4.39 Å². The third-order valence-electron chi connectivity index (χ3n) is 1.76. The Morgan fingerprint density at radius 1 is 1.13 bits per heavy atom. The van der Waals surface area contributed by atoms with Gasteiger partial charge in [0.15, 0.2) is 0 Å². The fourth-order valence-electron chi connectivity index (χ4n) is 1.18. The van der Waals surface area contributed by atoms with Crippen LogP contribution in [-0.2, 0) is 12.6 Å². The molecule has 0 spiro atoms. The van der Waals surface area contributed by atoms with E-state index in [1.54, 1.807) is 6.92 Å². The van der Waals surface area contributed by atoms with E-state index in [-0.39, 0.29) is 12.0 Å². The molecule has 15 heavy (non-hydrogen) atoms. The first-order chi connectivity index (χ1) is 6.96. The number of alkyl halides is 3. The zero-order chi connectivity index (χ0) is 12.1. The van der Waals surface area contributed by atoms with E-state index in [9.17, 15) is 17.6 Å². The fourth-order valence-corrected chi connectivity index (χ4v) is 1.18. The third-order valence-corrected chi connectivity index (χ3v) is 1.76. The predicted octanol–water partition coefficient (Wildman–Crippen LogP) is 4.43. The summed E-state index contributed by atoms with van der Waals surface area (Å²) in [5, 5.41) is 0. The smallest absolute Gasteiger partial charge is 0.206 e. The average molecular weight is 222 g/mol. The van der Waals surface area contributed by atoms with Gasteiger partial charge in [0.05, 0.1) is 5.56 Å². The summed E-state index contributed by atoms with van der Waals surface area (Å²) in [7, 11) is 0. The highest BCUT2D eigenvalue weighted by atomic mass is 19.4. The van der Waals surface area contributed by atoms with Crippen molar-refractivity contribution < 1.29 is 17.6 Å². The van der Waals surface area contributed by atoms with Gasteiger partial charge in [0.25, 0.3) is 0 Å². The number of benzene rings is 1. The lowest BCUT2D eigenvalue weighted by atomic mass is 10.0. The van der Waals surface area contributed by atoms with Gasteiger partial charge in [-0.2, -0.15) is 13.2 Å². The molecule has 0 nitrogen and oxygen atoms in total. The van der Waals surface area contributed by atoms with Gasteiger partial charge in [-0.1, -0.05) is 32.9 Å². The van der Waals surface area contributed by atoms with Crippen molar-refractivity contribution in [1.82, 2.24) is 0 Å². The molecule has 0 aliphatic carbocycles. The molecular formula is C11H14F4. The Morgan fingerprint density at radius 2 is 1.67 bits per heavy atom. The molecule has 0 aliphatic rings. The second-order valence-electron chi connectivity index (χ2n) is 2.63. The van der Waals surface area contributed by atoms with Crippen LogP contribution < -0.4 is 0 Å². The van der Waals surface area contributed by atoms with Crippen molar-refractivity contribution in [2.45, 2.75) is 33.4 Å². The molecule has 0 unspecified atom stereocenters. The van der Waals surface area contributed by atoms with E-state index >= 15 is 0 Å². The summed E-state index contributed by atoms with van der Waals surface area (Å²) in [6.45, 7) is 5.56. The van der Waals surface area contributed by atoms with E-state index in [0.29, 0.717) is 0 Å². The van der Waals surface area contributed by atoms with E-state index in [4.69, 9.17) is 0 Å². The Labute approximate surface area is 86.9 Å². The van der Waals surface area contributed by atoms with Crippen LogP contribution in [-0.4, -0.2) is 0 Å². The van der Waals surface area contributed by atoms with Crippen LogP contribution in [0.25, 0.3) is 0 Å². The van der Waals surface area contributed by atoms with Gasteiger partial charge in [-0.15, -0.1) is 0 Å². The molecule has 86 valence electrons. The highest BCUT2D eigenvalue weighted by molar-refractivity contribution is 5.31. The van der Waals surface area contributed by atoms with Gasteiger partial charge < -0.3 is 0 Å². The topological polar surface area (TPSA) is 0 Å². The van der Waals surface area contributed by atoms with Crippen molar-refractivity contribution in [3.63, 3.8) is 0 Å². The van der Waals surface area contributed by atoms with Crippen LogP contribution in [0.1, 0.15) is 31.9 Å². The van der Waals surface area contributed by atoms with Crippen LogP contribution >= 0.6 is 0 Å². The van der Waals surface area contributed by atoms with E-state index in [0.717, 1.165) is 6.07 Å². The van der Waals surface area contributed by atoms with Gasteiger partial charge in [-0.05, 0) is 18.1 Å². The molecule has 0 N–H and O–H groups in total. The van der Waals surface area contributed by atoms with E-state index in [1.807, 2.05) is 13.8 Å². The molecular weight excluding hydrogens is 208 g/mol. The largest absolute Gasteiger partial charge is 0.419 e. The number of halogens is 4. The maximum Gasteiger partial charge on any atom is 0.419 e. The van der Waals surface area contributed by atoms with Crippen molar-refractivity contribution in [3.05, 3.63) is 35.1 Å². The Bertz CT molecular complexity index is 302. The van der Waals surface area contributed by atoms with E-state index in [2.05, 4.69) is 0 Å². The summed E-state index contributed by atoms with van der Waals surface area (Å²) in [4.78, 5) is 0. The van der Waals surface area contributed by atoms with Gasteiger partial charge in [0, 0.05) is 0 Å². The van der Waals surface area contributed by atoms with Crippen molar-refractivity contribution in [2.24, 2.45) is 0 Å². The first kappa shape index (κ1) is 13.9. The lowest BCUT2D eigenvalue weighted by Gasteiger charge is -2.11. The van der Waals surface area contributed by atoms with Crippen LogP contribution in [0.2, 0.25) is 0 Å². The molecule has 0 radical (unpaired) electrons. The first-order valence-corrected chi connectivity index (χ1v) is 4.81. The van der Waals surface area contributed by atoms with Crippen LogP contribution in [0, 0.1) is 5.82 Å². The normalized spacial score (nSPS) is 10.6. The lowest BCUT2D eigenvalue weighted by Crippen LogP contribution is -2.11. The minimum Gasteiger partial charge on any atom is -0.206 e. The quantitative estimate of drug-likeness (QED) is 0.616. The van der Waals surface area contributed by atoms with Crippen molar-refractivity contribution in [2.75, 3.05) is 0 Å². The number of hydrogen-bond donors (Lipinski definition) is 0. The van der Waals surface area contributed by atoms with Crippen LogP contribution in [0.3, 0.4) is 0 Å². The van der Waals surface area contributed by atoms with Gasteiger partial charge in [0.1, 0.15) is 5.82 Å². The number of hydrogen-bond acceptors (Lipinski definition) is 0. The van der Waals surface area contributed by atoms with E-state index in [1.165, 1.54) is 12.1 Å². The molecule has 1 aromatic carbocycles. The molecule has 0 saturated carbocycles. The Hall–Kier alpha value is -1.06. The summed E-state index contributed by atoms with van der Waals surface area (Å²) < 4.78 is 49.6. The summed E-state index contributed by atoms with van der Waals surface area (Å²) in [5.74, 6) is -1.20. The highest BCUT2D eigenvalue weighted by Crippen LogP contribution is 2.34. The molecule has 0 aliphatic heterocycles. The number of aryl methyl sites for hydroxylation is 1. The Morgan fingerprint density at radius 3 is 2.00 bits per heavy atom. The average Bonchev–Trinajstić information content (AvgIpc) is 2.18. The van der Waals surface area contributed by atoms with Gasteiger partial charge in [0.2, 0.25) is 0 Å². The molecule has 4 heteroatoms. The number of rotatable bonds is 1. The Balaban J connectivity index is 0.000000921. The summed E-state index contributed by atoms with van der Waals surface area (Å²) in [6, 6.07) is 3.39. The van der Waals surface area contributed by atoms with Crippen LogP contribution in [0.5, 0.6) is 0 Å². The molecule has 0 heterocycles. The van der Waals surface area contributed by atoms with Crippen molar-refractivity contribution >= 4 is 0 Å². The van der Waals surface area contributed by atoms with Gasteiger partial charge >= 0.3 is 6.18 Å². The van der Waals surface area contributed by atoms with Crippen LogP contribution in [0.15, 0.2) is 18.2 Å². The van der Waals surface area contributed by atoms with Crippen molar-refractivity contribution in [1.29, 1.82) is 0 Å². The minimum absolute atomic E-state index is 0.00694. The SMILES string of the molecule is CC.CCc1cccc(F)c1C(F)(F)F. The Kier molecular flexibility index (Phi) is 5.33.